The summed E-state index contributed by atoms with van der Waals surface area (Å²) >= 11 is 0. The number of aromatic nitrogens is 2. The molecule has 2 rings (SSSR count). The second-order valence-corrected chi connectivity index (χ2v) is 5.26. The molecular formula is C19H20N4O4. The van der Waals surface area contributed by atoms with Gasteiger partial charge in [0.25, 0.3) is 0 Å². The van der Waals surface area contributed by atoms with Crippen molar-refractivity contribution in [2.24, 2.45) is 0 Å². The molecule has 27 heavy (non-hydrogen) atoms. The molecule has 0 saturated heterocycles. The van der Waals surface area contributed by atoms with Crippen molar-refractivity contribution in [2.75, 3.05) is 0 Å². The maximum atomic E-state index is 10.8. The molecule has 2 N–H and O–H groups in total. The predicted octanol–water partition coefficient (Wildman–Crippen LogP) is 2.76. The quantitative estimate of drug-likeness (QED) is 0.627. The molecule has 0 unspecified atom stereocenters. The summed E-state index contributed by atoms with van der Waals surface area (Å²) in [6.07, 6.45) is 0.250. The largest absolute Gasteiger partial charge is 0.373 e. The zero-order valence-corrected chi connectivity index (χ0v) is 15.5. The summed E-state index contributed by atoms with van der Waals surface area (Å²) in [5.74, 6) is -0.254. The van der Waals surface area contributed by atoms with Crippen LogP contribution in [-0.4, -0.2) is 39.1 Å². The number of carbonyl (C=O) groups is 2. The average molecular weight is 368 g/mol. The van der Waals surface area contributed by atoms with E-state index in [0.29, 0.717) is 34.2 Å². The van der Waals surface area contributed by atoms with Crippen LogP contribution in [0.1, 0.15) is 60.1 Å². The molecule has 0 fully saturated rings. The molecule has 2 heterocycles. The molecule has 0 aliphatic heterocycles. The van der Waals surface area contributed by atoms with Crippen LogP contribution in [0.4, 0.5) is 0 Å². The lowest BCUT2D eigenvalue weighted by molar-refractivity contribution is -0.191. The van der Waals surface area contributed by atoms with Crippen LogP contribution in [0, 0.1) is 10.8 Å². The molecule has 0 spiro atoms. The molecule has 0 atom stereocenters. The first kappa shape index (κ1) is 23.4. The van der Waals surface area contributed by atoms with E-state index in [9.17, 15) is 9.59 Å². The van der Waals surface area contributed by atoms with Crippen molar-refractivity contribution < 1.29 is 19.2 Å². The van der Waals surface area contributed by atoms with Crippen molar-refractivity contribution in [1.29, 1.82) is 10.8 Å². The highest BCUT2D eigenvalue weighted by molar-refractivity contribution is 5.98. The Hall–Kier alpha value is -3.64. The van der Waals surface area contributed by atoms with Gasteiger partial charge in [0, 0.05) is 13.8 Å². The van der Waals surface area contributed by atoms with Gasteiger partial charge in [0.2, 0.25) is 0 Å². The maximum Gasteiger partial charge on any atom is 0.373 e. The summed E-state index contributed by atoms with van der Waals surface area (Å²) in [4.78, 5) is 45.9. The van der Waals surface area contributed by atoms with Gasteiger partial charge in [-0.05, 0) is 38.1 Å². The number of hydrogen-bond acceptors (Lipinski definition) is 8. The van der Waals surface area contributed by atoms with Crippen LogP contribution in [0.3, 0.4) is 0 Å². The Balaban J connectivity index is 0.000000438. The first-order valence-electron chi connectivity index (χ1n) is 7.70. The number of nitrogens with zero attached hydrogens (tertiary/aromatic N) is 2. The lowest BCUT2D eigenvalue weighted by Gasteiger charge is -2.00. The maximum absolute atomic E-state index is 10.8. The molecule has 0 aromatic carbocycles. The molecule has 2 aromatic heterocycles. The number of rotatable bonds is 4. The van der Waals surface area contributed by atoms with E-state index in [-0.39, 0.29) is 17.7 Å². The van der Waals surface area contributed by atoms with Crippen LogP contribution in [0.2, 0.25) is 0 Å². The summed E-state index contributed by atoms with van der Waals surface area (Å²) < 4.78 is 0. The summed E-state index contributed by atoms with van der Waals surface area (Å²) in [6.45, 7) is 6.22. The van der Waals surface area contributed by atoms with Crippen molar-refractivity contribution in [3.8, 4) is 0 Å². The van der Waals surface area contributed by atoms with Crippen molar-refractivity contribution in [3.05, 3.63) is 59.2 Å². The van der Waals surface area contributed by atoms with E-state index < -0.39 is 0 Å². The predicted molar refractivity (Wildman–Crippen MR) is 98.5 cm³/mol. The van der Waals surface area contributed by atoms with E-state index in [1.54, 1.807) is 44.2 Å². The minimum Gasteiger partial charge on any atom is -0.303 e. The monoisotopic (exact) mass is 368 g/mol. The zero-order valence-electron chi connectivity index (χ0n) is 15.5. The summed E-state index contributed by atoms with van der Waals surface area (Å²) in [6, 6.07) is 10.2. The van der Waals surface area contributed by atoms with E-state index in [1.807, 2.05) is 6.07 Å². The van der Waals surface area contributed by atoms with Gasteiger partial charge < -0.3 is 10.8 Å². The first-order chi connectivity index (χ1) is 12.6. The number of ketones is 2. The van der Waals surface area contributed by atoms with E-state index in [0.717, 1.165) is 0 Å². The highest BCUT2D eigenvalue weighted by Gasteiger charge is 2.04. The third kappa shape index (κ3) is 8.85. The minimum absolute atomic E-state index is 0.127. The van der Waals surface area contributed by atoms with Crippen LogP contribution in [-0.2, 0) is 9.59 Å². The Kier molecular flexibility index (Phi) is 10.2. The van der Waals surface area contributed by atoms with Gasteiger partial charge in [-0.2, -0.15) is 9.59 Å². The fraction of sp³-hybridized carbons (Fsp3) is 0.211. The van der Waals surface area contributed by atoms with E-state index in [2.05, 4.69) is 9.97 Å². The summed E-state index contributed by atoms with van der Waals surface area (Å²) in [5, 5.41) is 14.7. The van der Waals surface area contributed by atoms with Crippen LogP contribution in [0.15, 0.2) is 36.4 Å². The first-order valence-corrected chi connectivity index (χ1v) is 7.70. The van der Waals surface area contributed by atoms with Gasteiger partial charge in [-0.1, -0.05) is 12.1 Å². The SMILES string of the molecule is CC(=N)c1cccc(C(C)=N)n1.CC(=O)c1cccc(C(C)=O)n1.O=C=O. The van der Waals surface area contributed by atoms with Crippen molar-refractivity contribution in [1.82, 2.24) is 9.97 Å². The number of pyridine rings is 2. The molecule has 0 radical (unpaired) electrons. The Morgan fingerprint density at radius 3 is 1.22 bits per heavy atom. The molecule has 0 aliphatic carbocycles. The smallest absolute Gasteiger partial charge is 0.303 e. The highest BCUT2D eigenvalue weighted by atomic mass is 16.2. The van der Waals surface area contributed by atoms with Gasteiger partial charge in [-0.25, -0.2) is 9.97 Å². The van der Waals surface area contributed by atoms with E-state index in [4.69, 9.17) is 20.4 Å². The van der Waals surface area contributed by atoms with Gasteiger partial charge >= 0.3 is 6.15 Å². The summed E-state index contributed by atoms with van der Waals surface area (Å²) in [5.41, 5.74) is 2.81. The van der Waals surface area contributed by atoms with Crippen molar-refractivity contribution >= 4 is 29.1 Å². The standard InChI is InChI=1S/C9H11N3.C9H9NO2.CO2/c1-6(10)8-4-3-5-9(12-8)7(2)11;1-6(11)8-4-3-5-9(10-8)7(2)12;2-1-3/h3-5,10-11H,1-2H3;3-5H,1-2H3;. The number of Topliss-reactive ketones (excluding diaryl/α,β-unsaturated/α-hetero) is 2. The van der Waals surface area contributed by atoms with Gasteiger partial charge in [0.1, 0.15) is 11.4 Å². The Labute approximate surface area is 156 Å². The van der Waals surface area contributed by atoms with Crippen LogP contribution >= 0.6 is 0 Å². The molecular weight excluding hydrogens is 348 g/mol. The average Bonchev–Trinajstić information content (AvgIpc) is 2.63. The third-order valence-electron chi connectivity index (χ3n) is 2.99. The molecule has 2 aromatic rings. The number of carbonyl (C=O) groups excluding carboxylic acids is 4. The van der Waals surface area contributed by atoms with E-state index in [1.165, 1.54) is 13.8 Å². The normalized spacial score (nSPS) is 8.74. The van der Waals surface area contributed by atoms with Crippen LogP contribution < -0.4 is 0 Å². The van der Waals surface area contributed by atoms with Crippen molar-refractivity contribution in [2.45, 2.75) is 27.7 Å². The van der Waals surface area contributed by atoms with Gasteiger partial charge in [0.05, 0.1) is 22.8 Å². The molecule has 8 nitrogen and oxygen atoms in total. The van der Waals surface area contributed by atoms with Crippen LogP contribution in [0.5, 0.6) is 0 Å². The Morgan fingerprint density at radius 2 is 0.963 bits per heavy atom. The van der Waals surface area contributed by atoms with Gasteiger partial charge in [-0.15, -0.1) is 0 Å². The molecule has 0 amide bonds. The molecule has 8 heteroatoms. The lowest BCUT2D eigenvalue weighted by Crippen LogP contribution is -2.02. The molecule has 0 saturated carbocycles. The molecule has 140 valence electrons. The fourth-order valence-electron chi connectivity index (χ4n) is 1.68. The Bertz CT molecular complexity index is 759. The molecule has 0 bridgehead atoms. The second-order valence-electron chi connectivity index (χ2n) is 5.26. The summed E-state index contributed by atoms with van der Waals surface area (Å²) in [7, 11) is 0. The lowest BCUT2D eigenvalue weighted by atomic mass is 10.2. The fourth-order valence-corrected chi connectivity index (χ4v) is 1.68. The van der Waals surface area contributed by atoms with E-state index >= 15 is 0 Å². The van der Waals surface area contributed by atoms with Crippen molar-refractivity contribution in [3.63, 3.8) is 0 Å². The number of hydrogen-bond donors (Lipinski definition) is 2. The molecule has 0 aliphatic rings. The van der Waals surface area contributed by atoms with Gasteiger partial charge in [0.15, 0.2) is 11.6 Å². The third-order valence-corrected chi connectivity index (χ3v) is 2.99. The Morgan fingerprint density at radius 1 is 0.704 bits per heavy atom. The topological polar surface area (TPSA) is 142 Å². The highest BCUT2D eigenvalue weighted by Crippen LogP contribution is 2.01. The second kappa shape index (κ2) is 11.8. The zero-order chi connectivity index (χ0) is 21.0. The minimum atomic E-state index is -0.127. The van der Waals surface area contributed by atoms with Gasteiger partial charge in [-0.3, -0.25) is 9.59 Å². The number of nitrogens with one attached hydrogen (secondary N) is 2. The van der Waals surface area contributed by atoms with Crippen LogP contribution in [0.25, 0.3) is 0 Å².